The van der Waals surface area contributed by atoms with E-state index in [2.05, 4.69) is 0 Å². The van der Waals surface area contributed by atoms with E-state index in [0.717, 1.165) is 6.26 Å². The van der Waals surface area contributed by atoms with Gasteiger partial charge in [0.15, 0.2) is 0 Å². The first kappa shape index (κ1) is 15.6. The highest BCUT2D eigenvalue weighted by atomic mass is 32.2. The largest absolute Gasteiger partial charge is 0.480 e. The van der Waals surface area contributed by atoms with Crippen LogP contribution >= 0.6 is 0 Å². The second-order valence-corrected chi connectivity index (χ2v) is 7.66. The van der Waals surface area contributed by atoms with Gasteiger partial charge in [-0.2, -0.15) is 0 Å². The maximum Gasteiger partial charge on any atom is 0.326 e. The summed E-state index contributed by atoms with van der Waals surface area (Å²) in [6, 6.07) is -1.42. The highest BCUT2D eigenvalue weighted by Crippen LogP contribution is 2.33. The Hall–Kier alpha value is -1.44. The van der Waals surface area contributed by atoms with Crippen molar-refractivity contribution in [3.8, 4) is 0 Å². The van der Waals surface area contributed by atoms with E-state index in [-0.39, 0.29) is 18.6 Å². The van der Waals surface area contributed by atoms with Crippen LogP contribution in [-0.2, 0) is 24.2 Å². The number of hydrogen-bond acceptors (Lipinski definition) is 5. The molecule has 7 nitrogen and oxygen atoms in total. The summed E-state index contributed by atoms with van der Waals surface area (Å²) in [5, 5.41) is 9.10. The monoisotopic (exact) mass is 291 g/mol. The third-order valence-corrected chi connectivity index (χ3v) is 4.00. The fourth-order valence-corrected chi connectivity index (χ4v) is 2.63. The normalized spacial score (nSPS) is 20.7. The number of hydrogen-bond donors (Lipinski definition) is 1. The van der Waals surface area contributed by atoms with E-state index in [1.165, 1.54) is 0 Å². The number of aliphatic carboxylic acids is 1. The van der Waals surface area contributed by atoms with Crippen LogP contribution in [0.1, 0.15) is 26.7 Å². The maximum atomic E-state index is 12.0. The molecular weight excluding hydrogens is 274 g/mol. The van der Waals surface area contributed by atoms with Crippen molar-refractivity contribution in [2.75, 3.05) is 12.0 Å². The zero-order chi connectivity index (χ0) is 15.0. The van der Waals surface area contributed by atoms with Gasteiger partial charge in [-0.1, -0.05) is 13.8 Å². The summed E-state index contributed by atoms with van der Waals surface area (Å²) in [5.41, 5.74) is -0.935. The Balaban J connectivity index is 2.98. The Bertz CT molecular complexity index is 521. The lowest BCUT2D eigenvalue weighted by molar-refractivity contribution is -0.155. The van der Waals surface area contributed by atoms with Crippen LogP contribution in [0.2, 0.25) is 0 Å². The van der Waals surface area contributed by atoms with E-state index >= 15 is 0 Å². The lowest BCUT2D eigenvalue weighted by Gasteiger charge is -2.24. The predicted molar refractivity (Wildman–Crippen MR) is 66.0 cm³/mol. The molecule has 1 saturated heterocycles. The van der Waals surface area contributed by atoms with E-state index < -0.39 is 39.1 Å². The third-order valence-electron chi connectivity index (χ3n) is 3.02. The first-order valence-electron chi connectivity index (χ1n) is 5.73. The second kappa shape index (κ2) is 4.92. The van der Waals surface area contributed by atoms with Crippen LogP contribution in [-0.4, -0.2) is 54.3 Å². The Morgan fingerprint density at radius 3 is 2.26 bits per heavy atom. The summed E-state index contributed by atoms with van der Waals surface area (Å²) in [4.78, 5) is 35.6. The molecule has 1 fully saturated rings. The van der Waals surface area contributed by atoms with Crippen molar-refractivity contribution in [1.82, 2.24) is 4.90 Å². The summed E-state index contributed by atoms with van der Waals surface area (Å²) in [7, 11) is -3.36. The molecule has 0 aromatic rings. The summed E-state index contributed by atoms with van der Waals surface area (Å²) < 4.78 is 22.2. The fraction of sp³-hybridized carbons (Fsp3) is 0.727. The van der Waals surface area contributed by atoms with Gasteiger partial charge in [0.1, 0.15) is 15.9 Å². The number of carbonyl (C=O) groups excluding carboxylic acids is 2. The number of sulfone groups is 1. The van der Waals surface area contributed by atoms with E-state index in [0.29, 0.717) is 4.90 Å². The summed E-state index contributed by atoms with van der Waals surface area (Å²) in [6.45, 7) is 3.12. The topological polar surface area (TPSA) is 109 Å². The van der Waals surface area contributed by atoms with Crippen LogP contribution in [0.3, 0.4) is 0 Å². The highest BCUT2D eigenvalue weighted by molar-refractivity contribution is 7.90. The lowest BCUT2D eigenvalue weighted by atomic mass is 9.92. The third kappa shape index (κ3) is 3.52. The number of carboxylic acids is 1. The Kier molecular flexibility index (Phi) is 4.04. The number of carboxylic acid groups (broad SMARTS) is 1. The first-order valence-corrected chi connectivity index (χ1v) is 7.79. The molecule has 1 unspecified atom stereocenters. The van der Waals surface area contributed by atoms with Gasteiger partial charge in [0, 0.05) is 12.7 Å². The van der Waals surface area contributed by atoms with Gasteiger partial charge in [-0.3, -0.25) is 14.5 Å². The fourth-order valence-electron chi connectivity index (χ4n) is 1.98. The summed E-state index contributed by atoms with van der Waals surface area (Å²) >= 11 is 0. The van der Waals surface area contributed by atoms with Crippen LogP contribution in [0.15, 0.2) is 0 Å². The van der Waals surface area contributed by atoms with Crippen molar-refractivity contribution in [3.63, 3.8) is 0 Å². The molecule has 8 heteroatoms. The van der Waals surface area contributed by atoms with Gasteiger partial charge >= 0.3 is 5.97 Å². The lowest BCUT2D eigenvalue weighted by Crippen LogP contribution is -2.46. The Morgan fingerprint density at radius 2 is 1.95 bits per heavy atom. The van der Waals surface area contributed by atoms with E-state index in [1.807, 2.05) is 0 Å². The van der Waals surface area contributed by atoms with Gasteiger partial charge < -0.3 is 5.11 Å². The molecule has 2 amide bonds. The zero-order valence-corrected chi connectivity index (χ0v) is 11.9. The number of nitrogens with zero attached hydrogens (tertiary/aromatic N) is 1. The molecule has 1 atom stereocenters. The quantitative estimate of drug-likeness (QED) is 0.694. The molecule has 1 aliphatic rings. The van der Waals surface area contributed by atoms with Crippen molar-refractivity contribution in [2.24, 2.45) is 5.41 Å². The van der Waals surface area contributed by atoms with Gasteiger partial charge in [-0.05, 0) is 6.42 Å². The maximum absolute atomic E-state index is 12.0. The average molecular weight is 291 g/mol. The van der Waals surface area contributed by atoms with Crippen molar-refractivity contribution in [2.45, 2.75) is 32.7 Å². The molecule has 1 heterocycles. The Labute approximate surface area is 111 Å². The van der Waals surface area contributed by atoms with Crippen LogP contribution in [0, 0.1) is 5.41 Å². The molecule has 0 saturated carbocycles. The molecule has 1 aliphatic heterocycles. The molecule has 0 bridgehead atoms. The van der Waals surface area contributed by atoms with Crippen molar-refractivity contribution < 1.29 is 27.9 Å². The SMILES string of the molecule is CC1(C)CC(=O)N(C(CCS(C)(=O)=O)C(=O)O)C1=O. The first-order chi connectivity index (χ1) is 8.46. The highest BCUT2D eigenvalue weighted by Gasteiger charge is 2.49. The zero-order valence-electron chi connectivity index (χ0n) is 11.0. The van der Waals surface area contributed by atoms with Gasteiger partial charge in [0.05, 0.1) is 11.2 Å². The molecule has 0 aromatic carbocycles. The smallest absolute Gasteiger partial charge is 0.326 e. The molecular formula is C11H17NO6S. The van der Waals surface area contributed by atoms with Crippen LogP contribution in [0.25, 0.3) is 0 Å². The van der Waals surface area contributed by atoms with E-state index in [1.54, 1.807) is 13.8 Å². The molecule has 0 aromatic heterocycles. The number of likely N-dealkylation sites (tertiary alicyclic amines) is 1. The molecule has 19 heavy (non-hydrogen) atoms. The molecule has 1 rings (SSSR count). The van der Waals surface area contributed by atoms with Crippen molar-refractivity contribution in [1.29, 1.82) is 0 Å². The minimum atomic E-state index is -3.36. The minimum Gasteiger partial charge on any atom is -0.480 e. The predicted octanol–water partition coefficient (Wildman–Crippen LogP) is -0.341. The number of amides is 2. The molecule has 108 valence electrons. The van der Waals surface area contributed by atoms with Crippen molar-refractivity contribution >= 4 is 27.6 Å². The van der Waals surface area contributed by atoms with Crippen LogP contribution in [0.5, 0.6) is 0 Å². The summed E-state index contributed by atoms with van der Waals surface area (Å²) in [5.74, 6) is -2.90. The molecule has 0 aliphatic carbocycles. The second-order valence-electron chi connectivity index (χ2n) is 5.40. The van der Waals surface area contributed by atoms with Crippen LogP contribution in [0.4, 0.5) is 0 Å². The van der Waals surface area contributed by atoms with Crippen LogP contribution < -0.4 is 0 Å². The number of rotatable bonds is 5. The number of imide groups is 1. The molecule has 0 spiro atoms. The molecule has 1 N–H and O–H groups in total. The molecule has 0 radical (unpaired) electrons. The van der Waals surface area contributed by atoms with Gasteiger partial charge in [-0.25, -0.2) is 13.2 Å². The van der Waals surface area contributed by atoms with E-state index in [9.17, 15) is 22.8 Å². The summed E-state index contributed by atoms with van der Waals surface area (Å²) in [6.07, 6.45) is 0.625. The van der Waals surface area contributed by atoms with E-state index in [4.69, 9.17) is 5.11 Å². The Morgan fingerprint density at radius 1 is 1.42 bits per heavy atom. The minimum absolute atomic E-state index is 0.0610. The standard InChI is InChI=1S/C11H17NO6S/c1-11(2)6-8(13)12(10(11)16)7(9(14)15)4-5-19(3,17)18/h7H,4-6H2,1-3H3,(H,14,15). The average Bonchev–Trinajstić information content (AvgIpc) is 2.38. The van der Waals surface area contributed by atoms with Crippen molar-refractivity contribution in [3.05, 3.63) is 0 Å². The number of carbonyl (C=O) groups is 3. The van der Waals surface area contributed by atoms with Gasteiger partial charge in [-0.15, -0.1) is 0 Å². The van der Waals surface area contributed by atoms with Gasteiger partial charge in [0.2, 0.25) is 11.8 Å². The van der Waals surface area contributed by atoms with Gasteiger partial charge in [0.25, 0.3) is 0 Å².